The van der Waals surface area contributed by atoms with Crippen LogP contribution in [0, 0.1) is 6.92 Å². The molecule has 6 nitrogen and oxygen atoms in total. The van der Waals surface area contributed by atoms with Crippen LogP contribution in [-0.2, 0) is 13.1 Å². The number of carbonyl (C=O) groups excluding carboxylic acids is 2. The van der Waals surface area contributed by atoms with Gasteiger partial charge in [0.1, 0.15) is 0 Å². The van der Waals surface area contributed by atoms with Crippen molar-refractivity contribution < 1.29 is 19.1 Å². The van der Waals surface area contributed by atoms with Crippen LogP contribution < -0.4 is 19.7 Å². The van der Waals surface area contributed by atoms with E-state index in [2.05, 4.69) is 5.32 Å². The van der Waals surface area contributed by atoms with E-state index in [1.807, 2.05) is 91.9 Å². The summed E-state index contributed by atoms with van der Waals surface area (Å²) in [5.41, 5.74) is 4.96. The monoisotopic (exact) mass is 508 g/mol. The standard InChI is InChI=1S/C30H24N2O4S/c1-19-6-2-3-7-22(19)17-32-24-15-21(11-13-28(24)37-27-9-5-4-8-23(27)30(32)34)29(33)31-16-20-10-12-25-26(14-20)36-18-35-25/h2-15H,16-18H2,1H3,(H,31,33). The molecule has 2 heterocycles. The molecular formula is C30H24N2O4S. The number of hydrogen-bond donors (Lipinski definition) is 1. The van der Waals surface area contributed by atoms with Crippen molar-refractivity contribution in [3.05, 3.63) is 113 Å². The average Bonchev–Trinajstić information content (AvgIpc) is 3.35. The van der Waals surface area contributed by atoms with Gasteiger partial charge in [-0.15, -0.1) is 0 Å². The SMILES string of the molecule is Cc1ccccc1CN1C(=O)c2ccccc2Sc2ccc(C(=O)NCc3ccc4c(c3)OCO4)cc21. The highest BCUT2D eigenvalue weighted by Crippen LogP contribution is 2.42. The molecule has 2 aliphatic heterocycles. The highest BCUT2D eigenvalue weighted by molar-refractivity contribution is 7.99. The van der Waals surface area contributed by atoms with E-state index >= 15 is 0 Å². The Labute approximate surface area is 219 Å². The van der Waals surface area contributed by atoms with E-state index < -0.39 is 0 Å². The lowest BCUT2D eigenvalue weighted by molar-refractivity contribution is 0.0947. The van der Waals surface area contributed by atoms with E-state index in [1.54, 1.807) is 16.7 Å². The molecular weight excluding hydrogens is 484 g/mol. The summed E-state index contributed by atoms with van der Waals surface area (Å²) < 4.78 is 10.8. The molecule has 4 aromatic rings. The first kappa shape index (κ1) is 23.2. The number of fused-ring (bicyclic) bond motifs is 3. The highest BCUT2D eigenvalue weighted by Gasteiger charge is 2.28. The molecule has 2 aliphatic rings. The molecule has 0 radical (unpaired) electrons. The van der Waals surface area contributed by atoms with Crippen LogP contribution >= 0.6 is 11.8 Å². The fourth-order valence-corrected chi connectivity index (χ4v) is 5.57. The molecule has 184 valence electrons. The summed E-state index contributed by atoms with van der Waals surface area (Å²) in [4.78, 5) is 30.6. The zero-order chi connectivity index (χ0) is 25.4. The number of nitrogens with zero attached hydrogens (tertiary/aromatic N) is 1. The van der Waals surface area contributed by atoms with Crippen LogP contribution in [0.25, 0.3) is 0 Å². The Bertz CT molecular complexity index is 1530. The van der Waals surface area contributed by atoms with Crippen LogP contribution in [0.15, 0.2) is 94.7 Å². The van der Waals surface area contributed by atoms with Gasteiger partial charge in [0, 0.05) is 21.9 Å². The van der Waals surface area contributed by atoms with Gasteiger partial charge in [0.25, 0.3) is 11.8 Å². The Hall–Kier alpha value is -4.23. The quantitative estimate of drug-likeness (QED) is 0.360. The zero-order valence-corrected chi connectivity index (χ0v) is 21.0. The molecule has 0 unspecified atom stereocenters. The van der Waals surface area contributed by atoms with Crippen LogP contribution in [-0.4, -0.2) is 18.6 Å². The molecule has 0 bridgehead atoms. The Kier molecular flexibility index (Phi) is 6.06. The van der Waals surface area contributed by atoms with Gasteiger partial charge in [-0.25, -0.2) is 0 Å². The molecule has 0 saturated heterocycles. The molecule has 1 N–H and O–H groups in total. The Morgan fingerprint density at radius 3 is 2.62 bits per heavy atom. The normalized spacial score (nSPS) is 13.5. The van der Waals surface area contributed by atoms with Gasteiger partial charge in [-0.3, -0.25) is 9.59 Å². The van der Waals surface area contributed by atoms with Gasteiger partial charge in [0.2, 0.25) is 6.79 Å². The van der Waals surface area contributed by atoms with Crippen molar-refractivity contribution in [2.24, 2.45) is 0 Å². The molecule has 0 atom stereocenters. The maximum atomic E-state index is 13.8. The number of hydrogen-bond acceptors (Lipinski definition) is 5. The third kappa shape index (κ3) is 4.54. The van der Waals surface area contributed by atoms with E-state index in [4.69, 9.17) is 9.47 Å². The maximum absolute atomic E-state index is 13.8. The molecule has 37 heavy (non-hydrogen) atoms. The number of ether oxygens (including phenoxy) is 2. The summed E-state index contributed by atoms with van der Waals surface area (Å²) in [6.07, 6.45) is 0. The molecule has 0 aromatic heterocycles. The molecule has 0 aliphatic carbocycles. The first-order valence-corrected chi connectivity index (χ1v) is 12.8. The summed E-state index contributed by atoms with van der Waals surface area (Å²) in [5, 5.41) is 2.99. The topological polar surface area (TPSA) is 67.9 Å². The Morgan fingerprint density at radius 1 is 0.919 bits per heavy atom. The number of nitrogens with one attached hydrogen (secondary N) is 1. The Morgan fingerprint density at radius 2 is 1.73 bits per heavy atom. The number of benzene rings is 4. The lowest BCUT2D eigenvalue weighted by Crippen LogP contribution is -2.31. The molecule has 0 fully saturated rings. The molecule has 2 amide bonds. The third-order valence-corrected chi connectivity index (χ3v) is 7.72. The molecule has 6 rings (SSSR count). The fourth-order valence-electron chi connectivity index (χ4n) is 4.51. The minimum atomic E-state index is -0.212. The predicted molar refractivity (Wildman–Crippen MR) is 142 cm³/mol. The molecule has 7 heteroatoms. The third-order valence-electron chi connectivity index (χ3n) is 6.57. The average molecular weight is 509 g/mol. The minimum Gasteiger partial charge on any atom is -0.454 e. The highest BCUT2D eigenvalue weighted by atomic mass is 32.2. The largest absolute Gasteiger partial charge is 0.454 e. The summed E-state index contributed by atoms with van der Waals surface area (Å²) in [7, 11) is 0. The summed E-state index contributed by atoms with van der Waals surface area (Å²) >= 11 is 1.55. The molecule has 0 spiro atoms. The molecule has 0 saturated carbocycles. The van der Waals surface area contributed by atoms with Crippen LogP contribution in [0.1, 0.15) is 37.4 Å². The first-order valence-electron chi connectivity index (χ1n) is 12.0. The Balaban J connectivity index is 1.31. The van der Waals surface area contributed by atoms with Crippen LogP contribution in [0.2, 0.25) is 0 Å². The molecule has 4 aromatic carbocycles. The van der Waals surface area contributed by atoms with Gasteiger partial charge < -0.3 is 19.7 Å². The first-order chi connectivity index (χ1) is 18.1. The number of aryl methyl sites for hydroxylation is 1. The second-order valence-electron chi connectivity index (χ2n) is 8.97. The van der Waals surface area contributed by atoms with Crippen LogP contribution in [0.4, 0.5) is 5.69 Å². The fraction of sp³-hybridized carbons (Fsp3) is 0.133. The lowest BCUT2D eigenvalue weighted by Gasteiger charge is -2.24. The van der Waals surface area contributed by atoms with Gasteiger partial charge in [-0.05, 0) is 66.1 Å². The number of rotatable bonds is 5. The van der Waals surface area contributed by atoms with Gasteiger partial charge >= 0.3 is 0 Å². The second-order valence-corrected chi connectivity index (χ2v) is 10.1. The van der Waals surface area contributed by atoms with E-state index in [0.29, 0.717) is 35.7 Å². The number of carbonyl (C=O) groups is 2. The number of amides is 2. The summed E-state index contributed by atoms with van der Waals surface area (Å²) in [6.45, 7) is 3.01. The summed E-state index contributed by atoms with van der Waals surface area (Å²) in [5.74, 6) is 1.09. The zero-order valence-electron chi connectivity index (χ0n) is 20.2. The van der Waals surface area contributed by atoms with Crippen LogP contribution in [0.5, 0.6) is 11.5 Å². The van der Waals surface area contributed by atoms with Crippen molar-refractivity contribution in [2.75, 3.05) is 11.7 Å². The smallest absolute Gasteiger partial charge is 0.259 e. The number of anilines is 1. The van der Waals surface area contributed by atoms with Gasteiger partial charge in [0.05, 0.1) is 17.8 Å². The van der Waals surface area contributed by atoms with Crippen molar-refractivity contribution >= 4 is 29.3 Å². The van der Waals surface area contributed by atoms with Crippen molar-refractivity contribution in [1.29, 1.82) is 0 Å². The van der Waals surface area contributed by atoms with Crippen LogP contribution in [0.3, 0.4) is 0 Å². The van der Waals surface area contributed by atoms with Gasteiger partial charge in [-0.1, -0.05) is 54.2 Å². The van der Waals surface area contributed by atoms with E-state index in [9.17, 15) is 9.59 Å². The summed E-state index contributed by atoms with van der Waals surface area (Å²) in [6, 6.07) is 26.9. The van der Waals surface area contributed by atoms with Crippen molar-refractivity contribution in [1.82, 2.24) is 5.32 Å². The second kappa shape index (κ2) is 9.67. The van der Waals surface area contributed by atoms with E-state index in [1.165, 1.54) is 0 Å². The predicted octanol–water partition coefficient (Wildman–Crippen LogP) is 5.97. The van der Waals surface area contributed by atoms with E-state index in [0.717, 1.165) is 32.2 Å². The van der Waals surface area contributed by atoms with E-state index in [-0.39, 0.29) is 18.6 Å². The van der Waals surface area contributed by atoms with Gasteiger partial charge in [-0.2, -0.15) is 0 Å². The van der Waals surface area contributed by atoms with Crippen molar-refractivity contribution in [2.45, 2.75) is 29.8 Å². The lowest BCUT2D eigenvalue weighted by atomic mass is 10.1. The van der Waals surface area contributed by atoms with Gasteiger partial charge in [0.15, 0.2) is 11.5 Å². The minimum absolute atomic E-state index is 0.0805. The maximum Gasteiger partial charge on any atom is 0.259 e. The van der Waals surface area contributed by atoms with Crippen molar-refractivity contribution in [3.8, 4) is 11.5 Å². The van der Waals surface area contributed by atoms with Crippen molar-refractivity contribution in [3.63, 3.8) is 0 Å².